The van der Waals surface area contributed by atoms with Crippen molar-refractivity contribution < 1.29 is 14.7 Å². The summed E-state index contributed by atoms with van der Waals surface area (Å²) in [5.41, 5.74) is 0. The van der Waals surface area contributed by atoms with Crippen LogP contribution < -0.4 is 5.32 Å². The van der Waals surface area contributed by atoms with Gasteiger partial charge in [-0.15, -0.1) is 0 Å². The maximum atomic E-state index is 11.7. The zero-order valence-electron chi connectivity index (χ0n) is 13.0. The second-order valence-corrected chi connectivity index (χ2v) is 5.24. The fourth-order valence-corrected chi connectivity index (χ4v) is 2.45. The van der Waals surface area contributed by atoms with E-state index in [1.165, 1.54) is 32.3 Å². The average molecular weight is 311 g/mol. The number of rotatable bonds is 7. The molecule has 0 bridgehead atoms. The summed E-state index contributed by atoms with van der Waals surface area (Å²) < 4.78 is 1.72. The number of aromatic nitrogens is 3. The van der Waals surface area contributed by atoms with E-state index in [9.17, 15) is 4.79 Å². The van der Waals surface area contributed by atoms with Gasteiger partial charge in [0.1, 0.15) is 12.7 Å². The van der Waals surface area contributed by atoms with E-state index in [0.717, 1.165) is 6.42 Å². The molecule has 8 heteroatoms. The minimum absolute atomic E-state index is 0.131. The third-order valence-electron chi connectivity index (χ3n) is 3.68. The van der Waals surface area contributed by atoms with Crippen molar-refractivity contribution in [2.45, 2.75) is 45.2 Å². The third-order valence-corrected chi connectivity index (χ3v) is 3.68. The summed E-state index contributed by atoms with van der Waals surface area (Å²) in [6.45, 7) is 5.63. The minimum atomic E-state index is -0.250. The zero-order valence-corrected chi connectivity index (χ0v) is 13.0. The first-order valence-corrected chi connectivity index (χ1v) is 7.58. The van der Waals surface area contributed by atoms with E-state index < -0.39 is 0 Å². The molecule has 0 aliphatic carbocycles. The molecule has 0 spiro atoms. The van der Waals surface area contributed by atoms with E-state index in [1.807, 2.05) is 0 Å². The summed E-state index contributed by atoms with van der Waals surface area (Å²) >= 11 is 0. The van der Waals surface area contributed by atoms with Crippen molar-refractivity contribution in [1.82, 2.24) is 25.0 Å². The molecule has 1 aliphatic heterocycles. The second-order valence-electron chi connectivity index (χ2n) is 5.24. The van der Waals surface area contributed by atoms with Crippen molar-refractivity contribution in [2.24, 2.45) is 0 Å². The van der Waals surface area contributed by atoms with Crippen LogP contribution >= 0.6 is 0 Å². The molecule has 22 heavy (non-hydrogen) atoms. The molecule has 8 nitrogen and oxygen atoms in total. The van der Waals surface area contributed by atoms with E-state index in [1.54, 1.807) is 11.0 Å². The first-order valence-electron chi connectivity index (χ1n) is 7.58. The predicted molar refractivity (Wildman–Crippen MR) is 81.2 cm³/mol. The monoisotopic (exact) mass is 311 g/mol. The van der Waals surface area contributed by atoms with Crippen molar-refractivity contribution in [3.8, 4) is 0 Å². The highest BCUT2D eigenvalue weighted by molar-refractivity contribution is 5.75. The first-order chi connectivity index (χ1) is 10.7. The summed E-state index contributed by atoms with van der Waals surface area (Å²) in [4.78, 5) is 26.4. The van der Waals surface area contributed by atoms with Gasteiger partial charge in [0.25, 0.3) is 6.47 Å². The Balaban J connectivity index is 0.000000745. The van der Waals surface area contributed by atoms with Gasteiger partial charge in [-0.25, -0.2) is 4.98 Å². The summed E-state index contributed by atoms with van der Waals surface area (Å²) in [5.74, 6) is 0.131. The van der Waals surface area contributed by atoms with Crippen molar-refractivity contribution in [3.63, 3.8) is 0 Å². The molecule has 2 rings (SSSR count). The third kappa shape index (κ3) is 7.16. The molecule has 1 aromatic rings. The summed E-state index contributed by atoms with van der Waals surface area (Å²) in [5, 5.41) is 13.8. The topological polar surface area (TPSA) is 100 Å². The van der Waals surface area contributed by atoms with E-state index in [0.29, 0.717) is 25.6 Å². The van der Waals surface area contributed by atoms with E-state index in [-0.39, 0.29) is 12.4 Å². The van der Waals surface area contributed by atoms with Gasteiger partial charge in [0.05, 0.1) is 6.54 Å². The molecule has 0 radical (unpaired) electrons. The number of hydrogen-bond acceptors (Lipinski definition) is 5. The Morgan fingerprint density at radius 2 is 2.14 bits per heavy atom. The molecule has 1 amide bonds. The highest BCUT2D eigenvalue weighted by Crippen LogP contribution is 2.14. The number of hydrogen-bond donors (Lipinski definition) is 2. The molecule has 1 unspecified atom stereocenters. The maximum Gasteiger partial charge on any atom is 0.290 e. The van der Waals surface area contributed by atoms with Gasteiger partial charge in [0.2, 0.25) is 5.91 Å². The van der Waals surface area contributed by atoms with Gasteiger partial charge in [-0.3, -0.25) is 14.3 Å². The standard InChI is InChI=1S/C13H23N5O.CH2O2/c1-12(17-7-2-3-8-17)4-5-13(19)15-6-9-18-11-14-10-16-18;2-1-3/h10-12H,2-9H2,1H3,(H,15,19);1H,(H,2,3). The van der Waals surface area contributed by atoms with Crippen LogP contribution in [-0.4, -0.2) is 62.8 Å². The Labute approximate surface area is 130 Å². The number of nitrogens with one attached hydrogen (secondary N) is 1. The lowest BCUT2D eigenvalue weighted by Crippen LogP contribution is -2.33. The van der Waals surface area contributed by atoms with Gasteiger partial charge in [-0.05, 0) is 39.3 Å². The number of likely N-dealkylation sites (tertiary alicyclic amines) is 1. The van der Waals surface area contributed by atoms with Crippen LogP contribution in [0.25, 0.3) is 0 Å². The lowest BCUT2D eigenvalue weighted by atomic mass is 10.1. The molecule has 1 aromatic heterocycles. The van der Waals surface area contributed by atoms with E-state index in [4.69, 9.17) is 9.90 Å². The highest BCUT2D eigenvalue weighted by atomic mass is 16.3. The summed E-state index contributed by atoms with van der Waals surface area (Å²) in [7, 11) is 0. The van der Waals surface area contributed by atoms with Crippen LogP contribution in [0, 0.1) is 0 Å². The fourth-order valence-electron chi connectivity index (χ4n) is 2.45. The van der Waals surface area contributed by atoms with Crippen LogP contribution in [0.1, 0.15) is 32.6 Å². The van der Waals surface area contributed by atoms with Crippen LogP contribution in [0.15, 0.2) is 12.7 Å². The molecule has 2 heterocycles. The SMILES string of the molecule is CC(CCC(=O)NCCn1cncn1)N1CCCC1.O=CO. The molecule has 1 saturated heterocycles. The van der Waals surface area contributed by atoms with E-state index >= 15 is 0 Å². The van der Waals surface area contributed by atoms with Crippen molar-refractivity contribution >= 4 is 12.4 Å². The zero-order chi connectivity index (χ0) is 16.2. The summed E-state index contributed by atoms with van der Waals surface area (Å²) in [6, 6.07) is 0.517. The fraction of sp³-hybridized carbons (Fsp3) is 0.714. The lowest BCUT2D eigenvalue weighted by Gasteiger charge is -2.23. The predicted octanol–water partition coefficient (Wildman–Crippen LogP) is 0.360. The average Bonchev–Trinajstić information content (AvgIpc) is 3.18. The van der Waals surface area contributed by atoms with Crippen LogP contribution in [0.4, 0.5) is 0 Å². The molecular formula is C14H25N5O3. The van der Waals surface area contributed by atoms with Crippen LogP contribution in [-0.2, 0) is 16.1 Å². The quantitative estimate of drug-likeness (QED) is 0.705. The lowest BCUT2D eigenvalue weighted by molar-refractivity contribution is -0.123. The van der Waals surface area contributed by atoms with Gasteiger partial charge in [-0.2, -0.15) is 5.10 Å². The van der Waals surface area contributed by atoms with Crippen LogP contribution in [0.5, 0.6) is 0 Å². The molecule has 2 N–H and O–H groups in total. The molecule has 0 aromatic carbocycles. The van der Waals surface area contributed by atoms with Gasteiger partial charge in [0, 0.05) is 19.0 Å². The molecule has 1 fully saturated rings. The minimum Gasteiger partial charge on any atom is -0.483 e. The Bertz CT molecular complexity index is 418. The Hall–Kier alpha value is -1.96. The van der Waals surface area contributed by atoms with Gasteiger partial charge < -0.3 is 15.3 Å². The van der Waals surface area contributed by atoms with E-state index in [2.05, 4.69) is 27.2 Å². The molecule has 1 aliphatic rings. The van der Waals surface area contributed by atoms with Crippen LogP contribution in [0.3, 0.4) is 0 Å². The van der Waals surface area contributed by atoms with Crippen molar-refractivity contribution in [1.29, 1.82) is 0 Å². The largest absolute Gasteiger partial charge is 0.483 e. The smallest absolute Gasteiger partial charge is 0.290 e. The van der Waals surface area contributed by atoms with Gasteiger partial charge in [0.15, 0.2) is 0 Å². The number of nitrogens with zero attached hydrogens (tertiary/aromatic N) is 4. The Morgan fingerprint density at radius 3 is 2.73 bits per heavy atom. The Morgan fingerprint density at radius 1 is 1.45 bits per heavy atom. The number of carboxylic acid groups (broad SMARTS) is 1. The van der Waals surface area contributed by atoms with Crippen molar-refractivity contribution in [3.05, 3.63) is 12.7 Å². The number of carbonyl (C=O) groups is 2. The normalized spacial score (nSPS) is 15.7. The van der Waals surface area contributed by atoms with Gasteiger partial charge >= 0.3 is 0 Å². The van der Waals surface area contributed by atoms with Crippen LogP contribution in [0.2, 0.25) is 0 Å². The Kier molecular flexibility index (Phi) is 8.82. The van der Waals surface area contributed by atoms with Crippen molar-refractivity contribution in [2.75, 3.05) is 19.6 Å². The molecule has 1 atom stereocenters. The first kappa shape index (κ1) is 18.1. The highest BCUT2D eigenvalue weighted by Gasteiger charge is 2.18. The van der Waals surface area contributed by atoms with Gasteiger partial charge in [-0.1, -0.05) is 0 Å². The number of amides is 1. The molecular weight excluding hydrogens is 286 g/mol. The summed E-state index contributed by atoms with van der Waals surface area (Å²) in [6.07, 6.45) is 7.30. The maximum absolute atomic E-state index is 11.7. The molecule has 124 valence electrons. The second kappa shape index (κ2) is 10.7. The number of carbonyl (C=O) groups excluding carboxylic acids is 1. The molecule has 0 saturated carbocycles.